The summed E-state index contributed by atoms with van der Waals surface area (Å²) in [6.45, 7) is 4.36. The van der Waals surface area contributed by atoms with E-state index < -0.39 is 0 Å². The van der Waals surface area contributed by atoms with E-state index in [0.29, 0.717) is 0 Å². The van der Waals surface area contributed by atoms with Gasteiger partial charge in [-0.3, -0.25) is 0 Å². The molecule has 92 valence electrons. The molecule has 0 unspecified atom stereocenters. The summed E-state index contributed by atoms with van der Waals surface area (Å²) in [5, 5.41) is 0. The first-order valence-corrected chi connectivity index (χ1v) is 8.74. The molecule has 4 heteroatoms. The van der Waals surface area contributed by atoms with Gasteiger partial charge in [-0.15, -0.1) is 0 Å². The van der Waals surface area contributed by atoms with Crippen LogP contribution in [0.25, 0.3) is 0 Å². The molecule has 1 aliphatic heterocycles. The Labute approximate surface area is 132 Å². The number of hydrogen-bond donors (Lipinski definition) is 0. The van der Waals surface area contributed by atoms with Crippen LogP contribution in [0, 0.1) is 13.8 Å². The highest BCUT2D eigenvalue weighted by Crippen LogP contribution is 2.54. The predicted molar refractivity (Wildman–Crippen MR) is 86.0 cm³/mol. The normalized spacial score (nSPS) is 13.1. The molecular weight excluding hydrogens is 392 g/mol. The van der Waals surface area contributed by atoms with Crippen LogP contribution in [0.4, 0.5) is 0 Å². The molecule has 0 amide bonds. The van der Waals surface area contributed by atoms with Crippen molar-refractivity contribution < 1.29 is 0 Å². The van der Waals surface area contributed by atoms with Gasteiger partial charge in [0.05, 0.1) is 0 Å². The van der Waals surface area contributed by atoms with Gasteiger partial charge in [0.15, 0.2) is 0 Å². The highest BCUT2D eigenvalue weighted by molar-refractivity contribution is 9.13. The van der Waals surface area contributed by atoms with Gasteiger partial charge in [-0.25, -0.2) is 0 Å². The highest BCUT2D eigenvalue weighted by atomic mass is 79.9. The average molecular weight is 402 g/mol. The summed E-state index contributed by atoms with van der Waals surface area (Å²) in [4.78, 5) is 5.40. The molecule has 3 rings (SSSR count). The summed E-state index contributed by atoms with van der Waals surface area (Å²) >= 11 is 11.1. The van der Waals surface area contributed by atoms with E-state index in [9.17, 15) is 0 Å². The van der Waals surface area contributed by atoms with Crippen LogP contribution in [0.5, 0.6) is 0 Å². The van der Waals surface area contributed by atoms with Crippen LogP contribution in [0.2, 0.25) is 0 Å². The Morgan fingerprint density at radius 1 is 0.778 bits per heavy atom. The summed E-state index contributed by atoms with van der Waals surface area (Å²) in [5.74, 6) is 0. The zero-order chi connectivity index (χ0) is 12.9. The largest absolute Gasteiger partial charge is 0.0874 e. The summed E-state index contributed by atoms with van der Waals surface area (Å²) in [6.07, 6.45) is 0. The van der Waals surface area contributed by atoms with E-state index in [1.807, 2.05) is 23.5 Å². The molecule has 1 aliphatic rings. The van der Waals surface area contributed by atoms with Crippen molar-refractivity contribution in [3.05, 3.63) is 44.3 Å². The van der Waals surface area contributed by atoms with Crippen molar-refractivity contribution in [3.63, 3.8) is 0 Å². The zero-order valence-electron chi connectivity index (χ0n) is 9.88. The molecule has 0 N–H and O–H groups in total. The summed E-state index contributed by atoms with van der Waals surface area (Å²) in [7, 11) is 0. The van der Waals surface area contributed by atoms with Gasteiger partial charge in [0, 0.05) is 28.5 Å². The van der Waals surface area contributed by atoms with Gasteiger partial charge in [-0.1, -0.05) is 35.7 Å². The van der Waals surface area contributed by atoms with Crippen LogP contribution in [-0.2, 0) is 0 Å². The van der Waals surface area contributed by atoms with E-state index in [1.54, 1.807) is 0 Å². The minimum atomic E-state index is 1.17. The molecule has 0 saturated heterocycles. The van der Waals surface area contributed by atoms with E-state index >= 15 is 0 Å². The zero-order valence-corrected chi connectivity index (χ0v) is 14.7. The highest BCUT2D eigenvalue weighted by Gasteiger charge is 2.24. The topological polar surface area (TPSA) is 0 Å². The first-order chi connectivity index (χ1) is 8.59. The van der Waals surface area contributed by atoms with Gasteiger partial charge in [-0.05, 0) is 69.0 Å². The second kappa shape index (κ2) is 4.89. The first-order valence-electron chi connectivity index (χ1n) is 5.52. The molecule has 1 heterocycles. The Hall–Kier alpha value is 0.1000. The van der Waals surface area contributed by atoms with Crippen molar-refractivity contribution in [2.45, 2.75) is 33.4 Å². The van der Waals surface area contributed by atoms with Crippen LogP contribution >= 0.6 is 55.4 Å². The third-order valence-electron chi connectivity index (χ3n) is 3.10. The third-order valence-corrected chi connectivity index (χ3v) is 8.42. The minimum Gasteiger partial charge on any atom is -0.0874 e. The fourth-order valence-electron chi connectivity index (χ4n) is 1.92. The molecule has 0 aliphatic carbocycles. The Morgan fingerprint density at radius 3 is 1.94 bits per heavy atom. The monoisotopic (exact) mass is 400 g/mol. The van der Waals surface area contributed by atoms with Crippen molar-refractivity contribution in [2.24, 2.45) is 0 Å². The van der Waals surface area contributed by atoms with Gasteiger partial charge in [0.1, 0.15) is 0 Å². The second-order valence-corrected chi connectivity index (χ2v) is 7.88. The van der Waals surface area contributed by atoms with Gasteiger partial charge in [-0.2, -0.15) is 0 Å². The quantitative estimate of drug-likeness (QED) is 0.424. The number of benzene rings is 2. The van der Waals surface area contributed by atoms with Crippen LogP contribution in [-0.4, -0.2) is 0 Å². The van der Waals surface area contributed by atoms with Gasteiger partial charge < -0.3 is 0 Å². The van der Waals surface area contributed by atoms with E-state index in [1.165, 1.54) is 39.7 Å². The van der Waals surface area contributed by atoms with E-state index in [2.05, 4.69) is 70.0 Å². The van der Waals surface area contributed by atoms with Gasteiger partial charge in [0.25, 0.3) is 0 Å². The molecule has 0 radical (unpaired) electrons. The Balaban J connectivity index is 2.25. The molecule has 0 spiro atoms. The number of rotatable bonds is 0. The van der Waals surface area contributed by atoms with E-state index in [-0.39, 0.29) is 0 Å². The van der Waals surface area contributed by atoms with Crippen molar-refractivity contribution in [1.29, 1.82) is 0 Å². The van der Waals surface area contributed by atoms with Crippen molar-refractivity contribution >= 4 is 55.4 Å². The molecular formula is C14H10Br2S2. The fraction of sp³-hybridized carbons (Fsp3) is 0.143. The molecule has 0 fully saturated rings. The van der Waals surface area contributed by atoms with Crippen molar-refractivity contribution in [3.8, 4) is 0 Å². The van der Waals surface area contributed by atoms with Gasteiger partial charge >= 0.3 is 0 Å². The lowest BCUT2D eigenvalue weighted by Gasteiger charge is -2.23. The van der Waals surface area contributed by atoms with Crippen molar-refractivity contribution in [1.82, 2.24) is 0 Å². The van der Waals surface area contributed by atoms with E-state index in [0.717, 1.165) is 0 Å². The number of fused-ring (bicyclic) bond motifs is 2. The molecule has 0 saturated carbocycles. The maximum atomic E-state index is 3.72. The number of hydrogen-bond acceptors (Lipinski definition) is 2. The molecule has 0 bridgehead atoms. The summed E-state index contributed by atoms with van der Waals surface area (Å²) in [5.41, 5.74) is 2.68. The van der Waals surface area contributed by atoms with Crippen LogP contribution < -0.4 is 0 Å². The Morgan fingerprint density at radius 2 is 1.33 bits per heavy atom. The smallest absolute Gasteiger partial charge is 0.0471 e. The molecule has 0 nitrogen and oxygen atoms in total. The first kappa shape index (κ1) is 13.1. The lowest BCUT2D eigenvalue weighted by Crippen LogP contribution is -1.97. The Kier molecular flexibility index (Phi) is 3.56. The standard InChI is InChI=1S/C14H10Br2S2/c1-7-8(2)13-14(12(16)11(7)15)18-10-6-4-3-5-9(10)17-13/h3-6H,1-2H3. The summed E-state index contributed by atoms with van der Waals surface area (Å²) in [6, 6.07) is 8.58. The lowest BCUT2D eigenvalue weighted by atomic mass is 10.1. The minimum absolute atomic E-state index is 1.17. The average Bonchev–Trinajstić information content (AvgIpc) is 2.41. The van der Waals surface area contributed by atoms with Crippen LogP contribution in [0.1, 0.15) is 11.1 Å². The summed E-state index contributed by atoms with van der Waals surface area (Å²) < 4.78 is 2.35. The molecule has 0 atom stereocenters. The maximum absolute atomic E-state index is 3.72. The predicted octanol–water partition coefficient (Wildman–Crippen LogP) is 6.44. The van der Waals surface area contributed by atoms with Gasteiger partial charge in [0.2, 0.25) is 0 Å². The Bertz CT molecular complexity index is 595. The molecule has 2 aromatic rings. The third kappa shape index (κ3) is 1.98. The SMILES string of the molecule is Cc1c(C)c2c(c(Br)c1Br)Sc1ccccc1S2. The van der Waals surface area contributed by atoms with Crippen LogP contribution in [0.15, 0.2) is 52.8 Å². The molecule has 2 aromatic carbocycles. The van der Waals surface area contributed by atoms with Crippen molar-refractivity contribution in [2.75, 3.05) is 0 Å². The molecule has 18 heavy (non-hydrogen) atoms. The fourth-order valence-corrected chi connectivity index (χ4v) is 5.93. The second-order valence-electron chi connectivity index (χ2n) is 4.19. The lowest BCUT2D eigenvalue weighted by molar-refractivity contribution is 1.06. The number of halogens is 2. The van der Waals surface area contributed by atoms with Crippen LogP contribution in [0.3, 0.4) is 0 Å². The van der Waals surface area contributed by atoms with E-state index in [4.69, 9.17) is 0 Å². The maximum Gasteiger partial charge on any atom is 0.0471 e. The molecule has 0 aromatic heterocycles.